The van der Waals surface area contributed by atoms with Gasteiger partial charge in [-0.15, -0.1) is 0 Å². The zero-order chi connectivity index (χ0) is 15.5. The van der Waals surface area contributed by atoms with Crippen molar-refractivity contribution in [1.82, 2.24) is 19.8 Å². The first kappa shape index (κ1) is 15.5. The molecule has 0 saturated carbocycles. The first-order valence-corrected chi connectivity index (χ1v) is 7.83. The Hall–Kier alpha value is -1.44. The summed E-state index contributed by atoms with van der Waals surface area (Å²) in [6.45, 7) is 3.14. The van der Waals surface area contributed by atoms with Gasteiger partial charge < -0.3 is 19.4 Å². The quantitative estimate of drug-likeness (QED) is 0.831. The van der Waals surface area contributed by atoms with E-state index in [1.807, 2.05) is 7.05 Å². The van der Waals surface area contributed by atoms with Crippen molar-refractivity contribution in [2.24, 2.45) is 7.05 Å². The number of aromatic nitrogens is 2. The topological polar surface area (TPSA) is 68.6 Å². The molecule has 122 valence electrons. The van der Waals surface area contributed by atoms with Gasteiger partial charge in [0.25, 0.3) is 5.91 Å². The number of nitrogens with zero attached hydrogens (tertiary/aromatic N) is 3. The van der Waals surface area contributed by atoms with Gasteiger partial charge in [0, 0.05) is 52.3 Å². The summed E-state index contributed by atoms with van der Waals surface area (Å²) in [6, 6.07) is 0.377. The predicted molar refractivity (Wildman–Crippen MR) is 80.7 cm³/mol. The Morgan fingerprint density at radius 2 is 2.45 bits per heavy atom. The largest absolute Gasteiger partial charge is 0.383 e. The SMILES string of the molecule is COCCN1C[C@H](NC(=O)c2nccn2C)[C@H]2OCCC[C@H]21. The number of methoxy groups -OCH3 is 1. The molecule has 7 heteroatoms. The van der Waals surface area contributed by atoms with Gasteiger partial charge >= 0.3 is 0 Å². The van der Waals surface area contributed by atoms with Gasteiger partial charge in [-0.05, 0) is 12.8 Å². The van der Waals surface area contributed by atoms with Crippen molar-refractivity contribution < 1.29 is 14.3 Å². The highest BCUT2D eigenvalue weighted by Crippen LogP contribution is 2.28. The molecule has 3 rings (SSSR count). The Kier molecular flexibility index (Phi) is 4.75. The Bertz CT molecular complexity index is 519. The number of carbonyl (C=O) groups excluding carboxylic acids is 1. The van der Waals surface area contributed by atoms with Crippen molar-refractivity contribution in [3.05, 3.63) is 18.2 Å². The molecule has 0 unspecified atom stereocenters. The lowest BCUT2D eigenvalue weighted by molar-refractivity contribution is -0.0225. The minimum atomic E-state index is -0.140. The predicted octanol–water partition coefficient (Wildman–Crippen LogP) is 0.0281. The number of hydrogen-bond donors (Lipinski definition) is 1. The maximum absolute atomic E-state index is 12.4. The van der Waals surface area contributed by atoms with E-state index in [-0.39, 0.29) is 18.1 Å². The van der Waals surface area contributed by atoms with Gasteiger partial charge in [0.05, 0.1) is 18.8 Å². The number of imidazole rings is 1. The molecule has 0 radical (unpaired) electrons. The molecule has 1 amide bonds. The molecule has 22 heavy (non-hydrogen) atoms. The first-order valence-electron chi connectivity index (χ1n) is 7.83. The van der Waals surface area contributed by atoms with E-state index < -0.39 is 0 Å². The lowest BCUT2D eigenvalue weighted by atomic mass is 10.0. The summed E-state index contributed by atoms with van der Waals surface area (Å²) in [6.07, 6.45) is 5.66. The summed E-state index contributed by atoms with van der Waals surface area (Å²) in [5.41, 5.74) is 0. The fourth-order valence-corrected chi connectivity index (χ4v) is 3.46. The number of ether oxygens (including phenoxy) is 2. The third-order valence-corrected chi connectivity index (χ3v) is 4.55. The maximum atomic E-state index is 12.4. The lowest BCUT2D eigenvalue weighted by Gasteiger charge is -2.32. The van der Waals surface area contributed by atoms with Crippen LogP contribution in [0.3, 0.4) is 0 Å². The van der Waals surface area contributed by atoms with Crippen LogP contribution in [0.4, 0.5) is 0 Å². The van der Waals surface area contributed by atoms with Crippen molar-refractivity contribution in [2.45, 2.75) is 31.0 Å². The molecular formula is C15H24N4O3. The number of amides is 1. The number of rotatable bonds is 5. The zero-order valence-electron chi connectivity index (χ0n) is 13.2. The zero-order valence-corrected chi connectivity index (χ0v) is 13.2. The second kappa shape index (κ2) is 6.76. The Morgan fingerprint density at radius 3 is 3.18 bits per heavy atom. The third-order valence-electron chi connectivity index (χ3n) is 4.55. The molecule has 0 aliphatic carbocycles. The van der Waals surface area contributed by atoms with Crippen LogP contribution >= 0.6 is 0 Å². The van der Waals surface area contributed by atoms with E-state index in [9.17, 15) is 4.79 Å². The number of fused-ring (bicyclic) bond motifs is 1. The van der Waals surface area contributed by atoms with Crippen molar-refractivity contribution in [3.63, 3.8) is 0 Å². The fourth-order valence-electron chi connectivity index (χ4n) is 3.46. The number of hydrogen-bond acceptors (Lipinski definition) is 5. The summed E-state index contributed by atoms with van der Waals surface area (Å²) in [7, 11) is 3.53. The van der Waals surface area contributed by atoms with Gasteiger partial charge in [0.2, 0.25) is 0 Å². The van der Waals surface area contributed by atoms with Crippen LogP contribution in [0, 0.1) is 0 Å². The van der Waals surface area contributed by atoms with Gasteiger partial charge in [0.15, 0.2) is 5.82 Å². The number of carbonyl (C=O) groups is 1. The minimum Gasteiger partial charge on any atom is -0.383 e. The molecule has 3 atom stereocenters. The highest BCUT2D eigenvalue weighted by Gasteiger charge is 2.44. The van der Waals surface area contributed by atoms with E-state index in [4.69, 9.17) is 9.47 Å². The van der Waals surface area contributed by atoms with Crippen molar-refractivity contribution >= 4 is 5.91 Å². The van der Waals surface area contributed by atoms with Crippen molar-refractivity contribution in [2.75, 3.05) is 33.4 Å². The standard InChI is InChI=1S/C15H24N4O3/c1-18-6-5-16-14(18)15(20)17-11-10-19(7-9-21-2)12-4-3-8-22-13(11)12/h5-6,11-13H,3-4,7-10H2,1-2H3,(H,17,20)/t11-,12+,13+/m0/s1. The Morgan fingerprint density at radius 1 is 1.59 bits per heavy atom. The molecule has 2 aliphatic rings. The summed E-state index contributed by atoms with van der Waals surface area (Å²) in [5, 5.41) is 3.10. The van der Waals surface area contributed by atoms with Crippen molar-refractivity contribution in [1.29, 1.82) is 0 Å². The monoisotopic (exact) mass is 308 g/mol. The molecule has 1 aromatic heterocycles. The van der Waals surface area contributed by atoms with Gasteiger partial charge in [-0.2, -0.15) is 0 Å². The molecule has 2 fully saturated rings. The summed E-state index contributed by atoms with van der Waals surface area (Å²) in [4.78, 5) is 18.9. The molecule has 1 N–H and O–H groups in total. The second-order valence-electron chi connectivity index (χ2n) is 5.97. The van der Waals surface area contributed by atoms with Gasteiger partial charge in [-0.1, -0.05) is 0 Å². The van der Waals surface area contributed by atoms with Crippen LogP contribution in [0.2, 0.25) is 0 Å². The number of nitrogens with one attached hydrogen (secondary N) is 1. The molecule has 2 aliphatic heterocycles. The average Bonchev–Trinajstić information content (AvgIpc) is 3.10. The van der Waals surface area contributed by atoms with Crippen LogP contribution in [0.15, 0.2) is 12.4 Å². The average molecular weight is 308 g/mol. The van der Waals surface area contributed by atoms with Crippen LogP contribution in [0.25, 0.3) is 0 Å². The van der Waals surface area contributed by atoms with E-state index in [0.29, 0.717) is 18.5 Å². The fraction of sp³-hybridized carbons (Fsp3) is 0.733. The van der Waals surface area contributed by atoms with Gasteiger partial charge in [-0.3, -0.25) is 9.69 Å². The van der Waals surface area contributed by atoms with Crippen LogP contribution in [-0.4, -0.2) is 72.0 Å². The summed E-state index contributed by atoms with van der Waals surface area (Å²) in [5.74, 6) is 0.293. The number of aryl methyl sites for hydroxylation is 1. The van der Waals surface area contributed by atoms with Crippen molar-refractivity contribution in [3.8, 4) is 0 Å². The highest BCUT2D eigenvalue weighted by atomic mass is 16.5. The molecule has 0 spiro atoms. The smallest absolute Gasteiger partial charge is 0.287 e. The Labute approximate surface area is 130 Å². The van der Waals surface area contributed by atoms with E-state index in [2.05, 4.69) is 15.2 Å². The Balaban J connectivity index is 1.67. The second-order valence-corrected chi connectivity index (χ2v) is 5.97. The van der Waals surface area contributed by atoms with Crippen LogP contribution in [0.5, 0.6) is 0 Å². The summed E-state index contributed by atoms with van der Waals surface area (Å²) < 4.78 is 12.9. The van der Waals surface area contributed by atoms with E-state index in [0.717, 1.165) is 32.5 Å². The highest BCUT2D eigenvalue weighted by molar-refractivity contribution is 5.91. The molecule has 7 nitrogen and oxygen atoms in total. The van der Waals surface area contributed by atoms with Crippen LogP contribution < -0.4 is 5.32 Å². The normalized spacial score (nSPS) is 28.5. The van der Waals surface area contributed by atoms with E-state index in [1.54, 1.807) is 24.1 Å². The first-order chi connectivity index (χ1) is 10.7. The molecule has 2 saturated heterocycles. The lowest BCUT2D eigenvalue weighted by Crippen LogP contribution is -2.48. The van der Waals surface area contributed by atoms with Crippen LogP contribution in [0.1, 0.15) is 23.5 Å². The van der Waals surface area contributed by atoms with Gasteiger partial charge in [0.1, 0.15) is 0 Å². The minimum absolute atomic E-state index is 0.00589. The third kappa shape index (κ3) is 3.02. The van der Waals surface area contributed by atoms with E-state index in [1.165, 1.54) is 0 Å². The molecular weight excluding hydrogens is 284 g/mol. The molecule has 0 aromatic carbocycles. The maximum Gasteiger partial charge on any atom is 0.287 e. The van der Waals surface area contributed by atoms with E-state index >= 15 is 0 Å². The molecule has 1 aromatic rings. The van der Waals surface area contributed by atoms with Crippen LogP contribution in [-0.2, 0) is 16.5 Å². The molecule has 3 heterocycles. The molecule has 0 bridgehead atoms. The number of likely N-dealkylation sites (tertiary alicyclic amines) is 1. The van der Waals surface area contributed by atoms with Gasteiger partial charge in [-0.25, -0.2) is 4.98 Å². The summed E-state index contributed by atoms with van der Waals surface area (Å²) >= 11 is 0.